The number of alkyl halides is 3. The van der Waals surface area contributed by atoms with Gasteiger partial charge in [0.1, 0.15) is 5.56 Å². The lowest BCUT2D eigenvalue weighted by Crippen LogP contribution is -2.26. The summed E-state index contributed by atoms with van der Waals surface area (Å²) in [6.07, 6.45) is -4.87. The summed E-state index contributed by atoms with van der Waals surface area (Å²) in [6, 6.07) is 3.83. The van der Waals surface area contributed by atoms with E-state index in [0.29, 0.717) is 17.5 Å². The summed E-state index contributed by atoms with van der Waals surface area (Å²) in [5.74, 6) is -1.51. The van der Waals surface area contributed by atoms with Gasteiger partial charge in [0, 0.05) is 11.4 Å². The molecule has 0 spiro atoms. The van der Waals surface area contributed by atoms with Crippen LogP contribution >= 0.6 is 0 Å². The number of H-pyrrole nitrogens is 1. The molecule has 2 heterocycles. The molecule has 0 aliphatic rings. The molecule has 2 aromatic heterocycles. The molecule has 0 aromatic carbocycles. The van der Waals surface area contributed by atoms with E-state index in [-0.39, 0.29) is 5.69 Å². The number of aromatic carboxylic acids is 1. The number of hydrogen-bond donors (Lipinski definition) is 2. The second kappa shape index (κ2) is 4.80. The van der Waals surface area contributed by atoms with Gasteiger partial charge in [0.15, 0.2) is 5.69 Å². The number of carboxylic acids is 1. The number of nitrogens with one attached hydrogen (secondary N) is 1. The Labute approximate surface area is 116 Å². The number of rotatable bonds is 2. The summed E-state index contributed by atoms with van der Waals surface area (Å²) in [5, 5.41) is 9.10. The van der Waals surface area contributed by atoms with Gasteiger partial charge in [-0.15, -0.1) is 0 Å². The number of pyridine rings is 1. The Kier molecular flexibility index (Phi) is 3.40. The van der Waals surface area contributed by atoms with E-state index < -0.39 is 29.0 Å². The third-order valence-electron chi connectivity index (χ3n) is 3.05. The number of carbonyl (C=O) groups is 1. The molecule has 2 N–H and O–H groups in total. The number of aromatic nitrogens is 2. The van der Waals surface area contributed by atoms with Crippen LogP contribution in [0.25, 0.3) is 5.69 Å². The molecular formula is C13H11F3N2O3. The normalized spacial score (nSPS) is 11.7. The van der Waals surface area contributed by atoms with Crippen molar-refractivity contribution >= 4 is 5.97 Å². The molecule has 0 bridgehead atoms. The van der Waals surface area contributed by atoms with Crippen molar-refractivity contribution in [2.75, 3.05) is 0 Å². The molecular weight excluding hydrogens is 289 g/mol. The molecule has 0 amide bonds. The van der Waals surface area contributed by atoms with Gasteiger partial charge in [-0.1, -0.05) is 0 Å². The number of halogens is 3. The maximum Gasteiger partial charge on any atom is 0.421 e. The standard InChI is InChI=1S/C13H11F3N2O3/c1-6-3-4-7(2)18(6)9-5-8(13(14,15)16)11(19)17-10(9)12(20)21/h3-5H,1-2H3,(H,17,19)(H,20,21). The lowest BCUT2D eigenvalue weighted by molar-refractivity contribution is -0.138. The van der Waals surface area contributed by atoms with Crippen LogP contribution < -0.4 is 5.56 Å². The predicted octanol–water partition coefficient (Wildman–Crippen LogP) is 2.50. The molecule has 0 saturated heterocycles. The van der Waals surface area contributed by atoms with E-state index >= 15 is 0 Å². The number of aromatic amines is 1. The second-order valence-electron chi connectivity index (χ2n) is 4.53. The Balaban J connectivity index is 2.86. The van der Waals surface area contributed by atoms with E-state index in [1.165, 1.54) is 4.57 Å². The van der Waals surface area contributed by atoms with Gasteiger partial charge in [-0.2, -0.15) is 13.2 Å². The van der Waals surface area contributed by atoms with Crippen LogP contribution in [0.5, 0.6) is 0 Å². The lowest BCUT2D eigenvalue weighted by Gasteiger charge is -2.15. The highest BCUT2D eigenvalue weighted by Crippen LogP contribution is 2.29. The Morgan fingerprint density at radius 2 is 1.76 bits per heavy atom. The SMILES string of the molecule is Cc1ccc(C)n1-c1cc(C(F)(F)F)c(=O)[nH]c1C(=O)O. The molecule has 0 fully saturated rings. The van der Waals surface area contributed by atoms with Gasteiger partial charge in [-0.25, -0.2) is 4.79 Å². The van der Waals surface area contributed by atoms with E-state index in [1.54, 1.807) is 31.0 Å². The molecule has 112 valence electrons. The van der Waals surface area contributed by atoms with Crippen LogP contribution in [0.15, 0.2) is 23.0 Å². The van der Waals surface area contributed by atoms with Crippen LogP contribution in [-0.2, 0) is 6.18 Å². The van der Waals surface area contributed by atoms with Gasteiger partial charge < -0.3 is 14.7 Å². The van der Waals surface area contributed by atoms with Crippen molar-refractivity contribution in [1.82, 2.24) is 9.55 Å². The molecule has 0 aliphatic carbocycles. The zero-order valence-electron chi connectivity index (χ0n) is 11.1. The molecule has 5 nitrogen and oxygen atoms in total. The van der Waals surface area contributed by atoms with Crippen LogP contribution in [0, 0.1) is 13.8 Å². The number of nitrogens with zero attached hydrogens (tertiary/aromatic N) is 1. The van der Waals surface area contributed by atoms with Crippen LogP contribution in [-0.4, -0.2) is 20.6 Å². The molecule has 8 heteroatoms. The molecule has 21 heavy (non-hydrogen) atoms. The van der Waals surface area contributed by atoms with Crippen molar-refractivity contribution in [3.63, 3.8) is 0 Å². The lowest BCUT2D eigenvalue weighted by atomic mass is 10.2. The fraction of sp³-hybridized carbons (Fsp3) is 0.231. The van der Waals surface area contributed by atoms with Crippen molar-refractivity contribution in [3.8, 4) is 5.69 Å². The van der Waals surface area contributed by atoms with Crippen LogP contribution in [0.2, 0.25) is 0 Å². The Morgan fingerprint density at radius 1 is 1.24 bits per heavy atom. The van der Waals surface area contributed by atoms with Crippen molar-refractivity contribution in [1.29, 1.82) is 0 Å². The maximum absolute atomic E-state index is 12.8. The fourth-order valence-corrected chi connectivity index (χ4v) is 2.12. The highest BCUT2D eigenvalue weighted by molar-refractivity contribution is 5.89. The summed E-state index contributed by atoms with van der Waals surface area (Å²) in [4.78, 5) is 24.4. The number of carboxylic acid groups (broad SMARTS) is 1. The molecule has 2 rings (SSSR count). The first-order chi connectivity index (χ1) is 9.62. The van der Waals surface area contributed by atoms with Gasteiger partial charge in [0.25, 0.3) is 5.56 Å². The highest BCUT2D eigenvalue weighted by Gasteiger charge is 2.35. The molecule has 0 saturated carbocycles. The van der Waals surface area contributed by atoms with E-state index in [1.807, 2.05) is 0 Å². The third-order valence-corrected chi connectivity index (χ3v) is 3.05. The van der Waals surface area contributed by atoms with Crippen LogP contribution in [0.1, 0.15) is 27.4 Å². The summed E-state index contributed by atoms with van der Waals surface area (Å²) in [7, 11) is 0. The van der Waals surface area contributed by atoms with Crippen LogP contribution in [0.4, 0.5) is 13.2 Å². The summed E-state index contributed by atoms with van der Waals surface area (Å²) in [5.41, 5.74) is -2.63. The summed E-state index contributed by atoms with van der Waals surface area (Å²) >= 11 is 0. The smallest absolute Gasteiger partial charge is 0.421 e. The molecule has 0 radical (unpaired) electrons. The van der Waals surface area contributed by atoms with Gasteiger partial charge in [0.2, 0.25) is 0 Å². The average Bonchev–Trinajstić information content (AvgIpc) is 2.67. The Hall–Kier alpha value is -2.51. The van der Waals surface area contributed by atoms with Gasteiger partial charge in [0.05, 0.1) is 5.69 Å². The number of aryl methyl sites for hydroxylation is 2. The minimum Gasteiger partial charge on any atom is -0.477 e. The van der Waals surface area contributed by atoms with E-state index in [4.69, 9.17) is 5.11 Å². The van der Waals surface area contributed by atoms with Crippen molar-refractivity contribution < 1.29 is 23.1 Å². The van der Waals surface area contributed by atoms with E-state index in [9.17, 15) is 22.8 Å². The second-order valence-corrected chi connectivity index (χ2v) is 4.53. The zero-order valence-corrected chi connectivity index (χ0v) is 11.1. The largest absolute Gasteiger partial charge is 0.477 e. The highest BCUT2D eigenvalue weighted by atomic mass is 19.4. The molecule has 0 aliphatic heterocycles. The fourth-order valence-electron chi connectivity index (χ4n) is 2.12. The summed E-state index contributed by atoms with van der Waals surface area (Å²) < 4.78 is 39.8. The maximum atomic E-state index is 12.8. The average molecular weight is 300 g/mol. The van der Waals surface area contributed by atoms with Crippen molar-refractivity contribution in [3.05, 3.63) is 51.2 Å². The topological polar surface area (TPSA) is 75.1 Å². The minimum absolute atomic E-state index is 0.227. The van der Waals surface area contributed by atoms with Gasteiger partial charge >= 0.3 is 12.1 Å². The zero-order chi connectivity index (χ0) is 15.9. The van der Waals surface area contributed by atoms with Gasteiger partial charge in [-0.05, 0) is 32.0 Å². The quantitative estimate of drug-likeness (QED) is 0.894. The van der Waals surface area contributed by atoms with E-state index in [2.05, 4.69) is 0 Å². The molecule has 0 atom stereocenters. The monoisotopic (exact) mass is 300 g/mol. The van der Waals surface area contributed by atoms with E-state index in [0.717, 1.165) is 0 Å². The summed E-state index contributed by atoms with van der Waals surface area (Å²) in [6.45, 7) is 3.24. The minimum atomic E-state index is -4.87. The van der Waals surface area contributed by atoms with Crippen LogP contribution in [0.3, 0.4) is 0 Å². The predicted molar refractivity (Wildman–Crippen MR) is 67.8 cm³/mol. The van der Waals surface area contributed by atoms with Gasteiger partial charge in [-0.3, -0.25) is 4.79 Å². The van der Waals surface area contributed by atoms with Crippen molar-refractivity contribution in [2.45, 2.75) is 20.0 Å². The molecule has 2 aromatic rings. The Bertz CT molecular complexity index is 752. The number of hydrogen-bond acceptors (Lipinski definition) is 2. The first-order valence-electron chi connectivity index (χ1n) is 5.86. The van der Waals surface area contributed by atoms with Crippen molar-refractivity contribution in [2.24, 2.45) is 0 Å². The Morgan fingerprint density at radius 3 is 2.19 bits per heavy atom. The first-order valence-corrected chi connectivity index (χ1v) is 5.86. The third kappa shape index (κ3) is 2.56. The molecule has 0 unspecified atom stereocenters. The first kappa shape index (κ1) is 14.9.